The summed E-state index contributed by atoms with van der Waals surface area (Å²) < 4.78 is 10.8. The van der Waals surface area contributed by atoms with E-state index in [9.17, 15) is 0 Å². The van der Waals surface area contributed by atoms with E-state index in [1.54, 1.807) is 7.11 Å². The van der Waals surface area contributed by atoms with Crippen molar-refractivity contribution >= 4 is 0 Å². The molecule has 1 aromatic carbocycles. The van der Waals surface area contributed by atoms with Gasteiger partial charge in [-0.2, -0.15) is 0 Å². The van der Waals surface area contributed by atoms with Crippen LogP contribution in [0, 0.1) is 6.92 Å². The Morgan fingerprint density at radius 1 is 1.41 bits per heavy atom. The lowest BCUT2D eigenvalue weighted by atomic mass is 9.98. The van der Waals surface area contributed by atoms with Crippen LogP contribution in [0.4, 0.5) is 0 Å². The summed E-state index contributed by atoms with van der Waals surface area (Å²) in [6.45, 7) is 6.71. The van der Waals surface area contributed by atoms with E-state index in [1.165, 1.54) is 0 Å². The third-order valence-corrected chi connectivity index (χ3v) is 2.89. The van der Waals surface area contributed by atoms with Crippen LogP contribution in [0.25, 0.3) is 0 Å². The van der Waals surface area contributed by atoms with E-state index < -0.39 is 0 Å². The largest absolute Gasteiger partial charge is 0.497 e. The maximum atomic E-state index is 5.61. The molecule has 0 bridgehead atoms. The minimum Gasteiger partial charge on any atom is -0.497 e. The normalized spacial score (nSPS) is 14.4. The zero-order valence-corrected chi connectivity index (χ0v) is 11.0. The minimum absolute atomic E-state index is 0.0131. The van der Waals surface area contributed by atoms with Crippen LogP contribution in [-0.4, -0.2) is 19.8 Å². The standard InChI is InChI=1S/C13H22N2O2/c1-5-17-10(3)13(15-14)12-7-6-11(16-4)8-9(12)2/h6-8,10,13,15H,5,14H2,1-4H3. The van der Waals surface area contributed by atoms with E-state index in [0.29, 0.717) is 6.61 Å². The fourth-order valence-corrected chi connectivity index (χ4v) is 1.96. The Hall–Kier alpha value is -1.10. The lowest BCUT2D eigenvalue weighted by Gasteiger charge is -2.25. The average Bonchev–Trinajstić information content (AvgIpc) is 2.32. The van der Waals surface area contributed by atoms with E-state index >= 15 is 0 Å². The maximum absolute atomic E-state index is 5.61. The number of ether oxygens (including phenoxy) is 2. The highest BCUT2D eigenvalue weighted by Crippen LogP contribution is 2.25. The molecule has 17 heavy (non-hydrogen) atoms. The van der Waals surface area contributed by atoms with Gasteiger partial charge >= 0.3 is 0 Å². The molecule has 0 heterocycles. The summed E-state index contributed by atoms with van der Waals surface area (Å²) in [6.07, 6.45) is 0.0251. The molecule has 1 rings (SSSR count). The molecule has 3 N–H and O–H groups in total. The van der Waals surface area contributed by atoms with Gasteiger partial charge in [0.1, 0.15) is 5.75 Å². The first kappa shape index (κ1) is 14.0. The van der Waals surface area contributed by atoms with Crippen molar-refractivity contribution in [3.8, 4) is 5.75 Å². The van der Waals surface area contributed by atoms with Crippen molar-refractivity contribution < 1.29 is 9.47 Å². The van der Waals surface area contributed by atoms with Gasteiger partial charge in [-0.25, -0.2) is 0 Å². The molecule has 2 unspecified atom stereocenters. The predicted molar refractivity (Wildman–Crippen MR) is 68.9 cm³/mol. The van der Waals surface area contributed by atoms with Gasteiger partial charge in [-0.1, -0.05) is 6.07 Å². The number of methoxy groups -OCH3 is 1. The third kappa shape index (κ3) is 3.43. The molecule has 0 saturated carbocycles. The van der Waals surface area contributed by atoms with Crippen LogP contribution in [0.1, 0.15) is 31.0 Å². The average molecular weight is 238 g/mol. The summed E-state index contributed by atoms with van der Waals surface area (Å²) in [4.78, 5) is 0. The molecule has 96 valence electrons. The van der Waals surface area contributed by atoms with Gasteiger partial charge < -0.3 is 9.47 Å². The molecule has 0 aliphatic rings. The Labute approximate surface area is 103 Å². The van der Waals surface area contributed by atoms with Crippen molar-refractivity contribution in [3.63, 3.8) is 0 Å². The molecule has 4 nitrogen and oxygen atoms in total. The lowest BCUT2D eigenvalue weighted by molar-refractivity contribution is 0.0471. The van der Waals surface area contributed by atoms with Crippen LogP contribution in [0.3, 0.4) is 0 Å². The molecular weight excluding hydrogens is 216 g/mol. The van der Waals surface area contributed by atoms with Crippen molar-refractivity contribution in [3.05, 3.63) is 29.3 Å². The second kappa shape index (κ2) is 6.59. The Morgan fingerprint density at radius 3 is 2.59 bits per heavy atom. The van der Waals surface area contributed by atoms with Crippen LogP contribution in [-0.2, 0) is 4.74 Å². The zero-order chi connectivity index (χ0) is 12.8. The van der Waals surface area contributed by atoms with Gasteiger partial charge in [-0.05, 0) is 44.0 Å². The highest BCUT2D eigenvalue weighted by molar-refractivity contribution is 5.37. The van der Waals surface area contributed by atoms with Crippen LogP contribution in [0.5, 0.6) is 5.75 Å². The van der Waals surface area contributed by atoms with Crippen molar-refractivity contribution in [2.24, 2.45) is 5.84 Å². The number of nitrogens with one attached hydrogen (secondary N) is 1. The smallest absolute Gasteiger partial charge is 0.119 e. The summed E-state index contributed by atoms with van der Waals surface area (Å²) in [5, 5.41) is 0. The van der Waals surface area contributed by atoms with Gasteiger partial charge in [-0.3, -0.25) is 11.3 Å². The molecule has 0 spiro atoms. The number of rotatable bonds is 6. The molecule has 2 atom stereocenters. The molecule has 1 aromatic rings. The monoisotopic (exact) mass is 238 g/mol. The predicted octanol–water partition coefficient (Wildman–Crippen LogP) is 1.93. The summed E-state index contributed by atoms with van der Waals surface area (Å²) in [6, 6.07) is 5.94. The summed E-state index contributed by atoms with van der Waals surface area (Å²) >= 11 is 0. The highest BCUT2D eigenvalue weighted by Gasteiger charge is 2.20. The highest BCUT2D eigenvalue weighted by atomic mass is 16.5. The molecule has 0 aliphatic heterocycles. The number of benzene rings is 1. The van der Waals surface area contributed by atoms with Gasteiger partial charge in [0.25, 0.3) is 0 Å². The van der Waals surface area contributed by atoms with E-state index in [0.717, 1.165) is 16.9 Å². The Kier molecular flexibility index (Phi) is 5.41. The number of nitrogens with two attached hydrogens (primary N) is 1. The Bertz CT molecular complexity index is 355. The van der Waals surface area contributed by atoms with Gasteiger partial charge in [0, 0.05) is 6.61 Å². The second-order valence-corrected chi connectivity index (χ2v) is 4.03. The fraction of sp³-hybridized carbons (Fsp3) is 0.538. The van der Waals surface area contributed by atoms with Gasteiger partial charge in [0.15, 0.2) is 0 Å². The van der Waals surface area contributed by atoms with Crippen molar-refractivity contribution in [1.29, 1.82) is 0 Å². The first-order valence-electron chi connectivity index (χ1n) is 5.86. The number of hydrazine groups is 1. The molecule has 0 aliphatic carbocycles. The van der Waals surface area contributed by atoms with Crippen molar-refractivity contribution in [2.45, 2.75) is 32.9 Å². The first-order chi connectivity index (χ1) is 8.13. The molecule has 0 amide bonds. The number of hydrogen-bond donors (Lipinski definition) is 2. The third-order valence-electron chi connectivity index (χ3n) is 2.89. The van der Waals surface area contributed by atoms with Gasteiger partial charge in [0.05, 0.1) is 19.3 Å². The number of aryl methyl sites for hydroxylation is 1. The summed E-state index contributed by atoms with van der Waals surface area (Å²) in [7, 11) is 1.66. The van der Waals surface area contributed by atoms with Crippen molar-refractivity contribution in [2.75, 3.05) is 13.7 Å². The Morgan fingerprint density at radius 2 is 2.12 bits per heavy atom. The minimum atomic E-state index is -0.0131. The van der Waals surface area contributed by atoms with Crippen LogP contribution >= 0.6 is 0 Å². The summed E-state index contributed by atoms with van der Waals surface area (Å²) in [5.41, 5.74) is 5.09. The van der Waals surface area contributed by atoms with Crippen molar-refractivity contribution in [1.82, 2.24) is 5.43 Å². The van der Waals surface area contributed by atoms with E-state index in [4.69, 9.17) is 15.3 Å². The first-order valence-corrected chi connectivity index (χ1v) is 5.86. The van der Waals surface area contributed by atoms with Crippen LogP contribution in [0.2, 0.25) is 0 Å². The quantitative estimate of drug-likeness (QED) is 0.587. The maximum Gasteiger partial charge on any atom is 0.119 e. The molecule has 0 radical (unpaired) electrons. The second-order valence-electron chi connectivity index (χ2n) is 4.03. The zero-order valence-electron chi connectivity index (χ0n) is 11.0. The molecule has 0 aromatic heterocycles. The summed E-state index contributed by atoms with van der Waals surface area (Å²) in [5.74, 6) is 6.47. The lowest BCUT2D eigenvalue weighted by Crippen LogP contribution is -2.37. The SMILES string of the molecule is CCOC(C)C(NN)c1ccc(OC)cc1C. The van der Waals surface area contributed by atoms with E-state index in [-0.39, 0.29) is 12.1 Å². The topological polar surface area (TPSA) is 56.5 Å². The van der Waals surface area contributed by atoms with Crippen LogP contribution < -0.4 is 16.0 Å². The van der Waals surface area contributed by atoms with Gasteiger partial charge in [0.2, 0.25) is 0 Å². The number of hydrogen-bond acceptors (Lipinski definition) is 4. The fourth-order valence-electron chi connectivity index (χ4n) is 1.96. The molecule has 0 fully saturated rings. The molecule has 0 saturated heterocycles. The van der Waals surface area contributed by atoms with E-state index in [2.05, 4.69) is 5.43 Å². The molecule has 4 heteroatoms. The van der Waals surface area contributed by atoms with Gasteiger partial charge in [-0.15, -0.1) is 0 Å². The molecular formula is C13H22N2O2. The van der Waals surface area contributed by atoms with Crippen LogP contribution in [0.15, 0.2) is 18.2 Å². The Balaban J connectivity index is 2.95. The van der Waals surface area contributed by atoms with E-state index in [1.807, 2.05) is 39.0 Å².